The number of morpholine rings is 1. The van der Waals surface area contributed by atoms with E-state index in [1.807, 2.05) is 17.2 Å². The van der Waals surface area contributed by atoms with E-state index in [9.17, 15) is 4.79 Å². The Hall–Kier alpha value is -2.73. The van der Waals surface area contributed by atoms with Gasteiger partial charge < -0.3 is 14.5 Å². The SMILES string of the molecule is CCc1ccnc(N2CCC3(CC2)OCCN(CC2=CCc4ccccc42)C3=O)n1. The monoisotopic (exact) mass is 404 g/mol. The summed E-state index contributed by atoms with van der Waals surface area (Å²) in [5.41, 5.74) is 4.24. The van der Waals surface area contributed by atoms with Gasteiger partial charge in [0, 0.05) is 50.9 Å². The minimum Gasteiger partial charge on any atom is -0.363 e. The number of aryl methyl sites for hydroxylation is 1. The van der Waals surface area contributed by atoms with E-state index in [1.54, 1.807) is 0 Å². The molecule has 2 aromatic rings. The Balaban J connectivity index is 1.27. The molecule has 3 aliphatic rings. The van der Waals surface area contributed by atoms with Crippen LogP contribution < -0.4 is 4.90 Å². The van der Waals surface area contributed by atoms with E-state index in [0.717, 1.165) is 37.6 Å². The molecule has 1 aliphatic carbocycles. The largest absolute Gasteiger partial charge is 0.363 e. The van der Waals surface area contributed by atoms with Gasteiger partial charge in [-0.15, -0.1) is 0 Å². The van der Waals surface area contributed by atoms with Gasteiger partial charge in [0.25, 0.3) is 5.91 Å². The molecule has 6 nitrogen and oxygen atoms in total. The van der Waals surface area contributed by atoms with E-state index in [2.05, 4.69) is 52.1 Å². The molecule has 3 heterocycles. The van der Waals surface area contributed by atoms with E-state index < -0.39 is 5.60 Å². The second-order valence-corrected chi connectivity index (χ2v) is 8.35. The number of hydrogen-bond acceptors (Lipinski definition) is 5. The number of piperidine rings is 1. The number of allylic oxidation sites excluding steroid dienone is 1. The number of benzene rings is 1. The van der Waals surface area contributed by atoms with Crippen LogP contribution >= 0.6 is 0 Å². The molecule has 0 N–H and O–H groups in total. The van der Waals surface area contributed by atoms with Gasteiger partial charge in [0.15, 0.2) is 0 Å². The summed E-state index contributed by atoms with van der Waals surface area (Å²) < 4.78 is 6.13. The fourth-order valence-corrected chi connectivity index (χ4v) is 4.82. The maximum Gasteiger partial charge on any atom is 0.255 e. The molecule has 2 fully saturated rings. The molecule has 0 saturated carbocycles. The molecule has 0 unspecified atom stereocenters. The Morgan fingerprint density at radius 2 is 1.97 bits per heavy atom. The highest BCUT2D eigenvalue weighted by Gasteiger charge is 2.47. The van der Waals surface area contributed by atoms with Crippen LogP contribution in [0.4, 0.5) is 5.95 Å². The van der Waals surface area contributed by atoms with Gasteiger partial charge in [0.1, 0.15) is 5.60 Å². The molecular weight excluding hydrogens is 376 g/mol. The van der Waals surface area contributed by atoms with Crippen molar-refractivity contribution in [2.45, 2.75) is 38.2 Å². The van der Waals surface area contributed by atoms with E-state index >= 15 is 0 Å². The second kappa shape index (κ2) is 7.84. The normalized spacial score (nSPS) is 20.4. The summed E-state index contributed by atoms with van der Waals surface area (Å²) >= 11 is 0. The first-order valence-corrected chi connectivity index (χ1v) is 11.0. The quantitative estimate of drug-likeness (QED) is 0.784. The number of anilines is 1. The summed E-state index contributed by atoms with van der Waals surface area (Å²) in [5, 5.41) is 0. The standard InChI is InChI=1S/C24H28N4O2/c1-2-20-9-12-25-23(26-20)27-13-10-24(11-14-27)22(29)28(15-16-30-24)17-19-8-7-18-5-3-4-6-21(18)19/h3-6,8-9,12H,2,7,10-11,13-17H2,1H3. The smallest absolute Gasteiger partial charge is 0.255 e. The van der Waals surface area contributed by atoms with Crippen LogP contribution in [0.2, 0.25) is 0 Å². The third-order valence-electron chi connectivity index (χ3n) is 6.63. The first kappa shape index (κ1) is 19.2. The summed E-state index contributed by atoms with van der Waals surface area (Å²) in [6, 6.07) is 10.4. The predicted octanol–water partition coefficient (Wildman–Crippen LogP) is 2.88. The molecular formula is C24H28N4O2. The van der Waals surface area contributed by atoms with Gasteiger partial charge in [-0.05, 0) is 35.6 Å². The van der Waals surface area contributed by atoms with E-state index in [1.165, 1.54) is 16.7 Å². The third-order valence-corrected chi connectivity index (χ3v) is 6.63. The van der Waals surface area contributed by atoms with Crippen molar-refractivity contribution in [2.75, 3.05) is 37.7 Å². The van der Waals surface area contributed by atoms with Crippen molar-refractivity contribution in [3.63, 3.8) is 0 Å². The Labute approximate surface area is 177 Å². The van der Waals surface area contributed by atoms with Gasteiger partial charge in [-0.25, -0.2) is 9.97 Å². The minimum absolute atomic E-state index is 0.141. The number of aromatic nitrogens is 2. The zero-order chi connectivity index (χ0) is 20.6. The van der Waals surface area contributed by atoms with Crippen molar-refractivity contribution in [2.24, 2.45) is 0 Å². The summed E-state index contributed by atoms with van der Waals surface area (Å²) in [4.78, 5) is 26.7. The van der Waals surface area contributed by atoms with E-state index in [0.29, 0.717) is 32.5 Å². The Morgan fingerprint density at radius 1 is 1.13 bits per heavy atom. The van der Waals surface area contributed by atoms with Gasteiger partial charge in [-0.2, -0.15) is 0 Å². The van der Waals surface area contributed by atoms with Crippen LogP contribution in [0.3, 0.4) is 0 Å². The maximum absolute atomic E-state index is 13.5. The molecule has 6 heteroatoms. The summed E-state index contributed by atoms with van der Waals surface area (Å²) in [7, 11) is 0. The molecule has 30 heavy (non-hydrogen) atoms. The van der Waals surface area contributed by atoms with Crippen molar-refractivity contribution in [1.29, 1.82) is 0 Å². The molecule has 0 radical (unpaired) electrons. The number of ether oxygens (including phenoxy) is 1. The summed E-state index contributed by atoms with van der Waals surface area (Å²) in [6.45, 7) is 5.50. The van der Waals surface area contributed by atoms with Gasteiger partial charge >= 0.3 is 0 Å². The molecule has 1 aromatic carbocycles. The first-order valence-electron chi connectivity index (χ1n) is 11.0. The third kappa shape index (κ3) is 3.39. The molecule has 2 aliphatic heterocycles. The average molecular weight is 405 g/mol. The van der Waals surface area contributed by atoms with Crippen LogP contribution in [0.5, 0.6) is 0 Å². The van der Waals surface area contributed by atoms with Crippen LogP contribution in [-0.2, 0) is 22.4 Å². The molecule has 1 aromatic heterocycles. The van der Waals surface area contributed by atoms with Crippen LogP contribution in [0, 0.1) is 0 Å². The van der Waals surface area contributed by atoms with Crippen molar-refractivity contribution in [3.8, 4) is 0 Å². The lowest BCUT2D eigenvalue weighted by molar-refractivity contribution is -0.174. The van der Waals surface area contributed by atoms with E-state index in [4.69, 9.17) is 4.74 Å². The summed E-state index contributed by atoms with van der Waals surface area (Å²) in [5.74, 6) is 0.902. The number of hydrogen-bond donors (Lipinski definition) is 0. The van der Waals surface area contributed by atoms with Crippen molar-refractivity contribution in [3.05, 3.63) is 59.4 Å². The Kier molecular flexibility index (Phi) is 5.03. The highest BCUT2D eigenvalue weighted by atomic mass is 16.5. The van der Waals surface area contributed by atoms with Gasteiger partial charge in [-0.3, -0.25) is 4.79 Å². The molecule has 0 bridgehead atoms. The highest BCUT2D eigenvalue weighted by molar-refractivity contribution is 5.88. The summed E-state index contributed by atoms with van der Waals surface area (Å²) in [6.07, 6.45) is 7.29. The zero-order valence-corrected chi connectivity index (χ0v) is 17.5. The molecule has 0 atom stereocenters. The zero-order valence-electron chi connectivity index (χ0n) is 17.5. The fourth-order valence-electron chi connectivity index (χ4n) is 4.82. The fraction of sp³-hybridized carbons (Fsp3) is 0.458. The number of carbonyl (C=O) groups is 1. The molecule has 1 amide bonds. The van der Waals surface area contributed by atoms with Gasteiger partial charge in [0.05, 0.1) is 6.61 Å². The lowest BCUT2D eigenvalue weighted by Gasteiger charge is -2.46. The number of amides is 1. The van der Waals surface area contributed by atoms with Gasteiger partial charge in [0.2, 0.25) is 5.95 Å². The Bertz CT molecular complexity index is 979. The molecule has 2 saturated heterocycles. The van der Waals surface area contributed by atoms with E-state index in [-0.39, 0.29) is 5.91 Å². The molecule has 5 rings (SSSR count). The highest BCUT2D eigenvalue weighted by Crippen LogP contribution is 2.34. The Morgan fingerprint density at radius 3 is 2.80 bits per heavy atom. The number of rotatable bonds is 4. The molecule has 1 spiro atoms. The van der Waals surface area contributed by atoms with Crippen LogP contribution in [0.15, 0.2) is 42.6 Å². The average Bonchev–Trinajstić information content (AvgIpc) is 3.20. The van der Waals surface area contributed by atoms with Crippen LogP contribution in [0.1, 0.15) is 36.6 Å². The number of nitrogens with zero attached hydrogens (tertiary/aromatic N) is 4. The van der Waals surface area contributed by atoms with Crippen molar-refractivity contribution < 1.29 is 9.53 Å². The predicted molar refractivity (Wildman–Crippen MR) is 116 cm³/mol. The van der Waals surface area contributed by atoms with Crippen LogP contribution in [-0.4, -0.2) is 59.2 Å². The van der Waals surface area contributed by atoms with Crippen molar-refractivity contribution in [1.82, 2.24) is 14.9 Å². The topological polar surface area (TPSA) is 58.6 Å². The number of carbonyl (C=O) groups excluding carboxylic acids is 1. The second-order valence-electron chi connectivity index (χ2n) is 8.35. The van der Waals surface area contributed by atoms with Gasteiger partial charge in [-0.1, -0.05) is 37.3 Å². The maximum atomic E-state index is 13.5. The number of fused-ring (bicyclic) bond motifs is 1. The van der Waals surface area contributed by atoms with Crippen molar-refractivity contribution >= 4 is 17.4 Å². The van der Waals surface area contributed by atoms with Crippen LogP contribution in [0.25, 0.3) is 5.57 Å². The first-order chi connectivity index (χ1) is 14.7. The lowest BCUT2D eigenvalue weighted by Crippen LogP contribution is -2.61. The minimum atomic E-state index is -0.699. The lowest BCUT2D eigenvalue weighted by atomic mass is 9.88. The molecule has 156 valence electrons.